The summed E-state index contributed by atoms with van der Waals surface area (Å²) < 4.78 is 0. The Morgan fingerprint density at radius 2 is 1.41 bits per heavy atom. The third kappa shape index (κ3) is 3.76. The van der Waals surface area contributed by atoms with Gasteiger partial charge >= 0.3 is 0 Å². The summed E-state index contributed by atoms with van der Waals surface area (Å²) >= 11 is 6.15. The molecule has 1 fully saturated rings. The van der Waals surface area contributed by atoms with Crippen LogP contribution in [0.2, 0.25) is 5.02 Å². The van der Waals surface area contributed by atoms with Crippen molar-refractivity contribution in [2.75, 3.05) is 36.0 Å². The van der Waals surface area contributed by atoms with Crippen molar-refractivity contribution in [1.82, 2.24) is 9.97 Å². The Morgan fingerprint density at radius 1 is 0.724 bits per heavy atom. The number of hydrogen-bond acceptors (Lipinski definition) is 4. The fourth-order valence-corrected chi connectivity index (χ4v) is 4.03. The number of benzene rings is 3. The standard InChI is InChI=1S/C24H21ClN4/c25-20-7-4-9-22(16-20)29-13-11-28(12-14-29)21-8-3-6-18(15-21)24-26-17-19-5-1-2-10-23(19)27-24/h1-10,15-17H,11-14H2. The monoisotopic (exact) mass is 400 g/mol. The zero-order chi connectivity index (χ0) is 19.6. The van der Waals surface area contributed by atoms with E-state index < -0.39 is 0 Å². The average Bonchev–Trinajstić information content (AvgIpc) is 2.79. The highest BCUT2D eigenvalue weighted by atomic mass is 35.5. The molecular formula is C24H21ClN4. The normalized spacial score (nSPS) is 14.4. The van der Waals surface area contributed by atoms with Crippen LogP contribution in [0.25, 0.3) is 22.3 Å². The summed E-state index contributed by atoms with van der Waals surface area (Å²) in [6.45, 7) is 3.87. The minimum Gasteiger partial charge on any atom is -0.368 e. The molecule has 1 aliphatic rings. The molecule has 2 heterocycles. The van der Waals surface area contributed by atoms with E-state index in [2.05, 4.69) is 45.1 Å². The summed E-state index contributed by atoms with van der Waals surface area (Å²) in [5, 5.41) is 1.84. The number of hydrogen-bond donors (Lipinski definition) is 0. The lowest BCUT2D eigenvalue weighted by molar-refractivity contribution is 0.653. The maximum atomic E-state index is 6.15. The Morgan fingerprint density at radius 3 is 2.17 bits per heavy atom. The Bertz CT molecular complexity index is 1150. The van der Waals surface area contributed by atoms with Gasteiger partial charge < -0.3 is 9.80 Å². The van der Waals surface area contributed by atoms with Gasteiger partial charge in [-0.3, -0.25) is 0 Å². The van der Waals surface area contributed by atoms with Crippen LogP contribution in [0.15, 0.2) is 79.0 Å². The van der Waals surface area contributed by atoms with Crippen molar-refractivity contribution < 1.29 is 0 Å². The van der Waals surface area contributed by atoms with Crippen LogP contribution in [-0.4, -0.2) is 36.1 Å². The van der Waals surface area contributed by atoms with Gasteiger partial charge in [0.2, 0.25) is 0 Å². The number of piperazine rings is 1. The maximum Gasteiger partial charge on any atom is 0.159 e. The van der Waals surface area contributed by atoms with Gasteiger partial charge in [0.15, 0.2) is 5.82 Å². The molecule has 29 heavy (non-hydrogen) atoms. The molecular weight excluding hydrogens is 380 g/mol. The molecule has 0 radical (unpaired) electrons. The molecule has 0 spiro atoms. The van der Waals surface area contributed by atoms with Crippen LogP contribution in [-0.2, 0) is 0 Å². The van der Waals surface area contributed by atoms with Gasteiger partial charge in [-0.2, -0.15) is 0 Å². The summed E-state index contributed by atoms with van der Waals surface area (Å²) in [4.78, 5) is 14.1. The summed E-state index contributed by atoms with van der Waals surface area (Å²) in [7, 11) is 0. The third-order valence-electron chi connectivity index (χ3n) is 5.41. The lowest BCUT2D eigenvalue weighted by Crippen LogP contribution is -2.46. The summed E-state index contributed by atoms with van der Waals surface area (Å²) in [6, 6.07) is 24.7. The molecule has 5 rings (SSSR count). The molecule has 1 aromatic heterocycles. The predicted molar refractivity (Wildman–Crippen MR) is 121 cm³/mol. The molecule has 5 heteroatoms. The predicted octanol–water partition coefficient (Wildman–Crippen LogP) is 5.28. The van der Waals surface area contributed by atoms with E-state index in [9.17, 15) is 0 Å². The van der Waals surface area contributed by atoms with E-state index in [0.29, 0.717) is 0 Å². The molecule has 3 aromatic carbocycles. The van der Waals surface area contributed by atoms with Crippen LogP contribution in [0.1, 0.15) is 0 Å². The molecule has 0 saturated carbocycles. The number of halogens is 1. The first-order valence-electron chi connectivity index (χ1n) is 9.84. The Labute approximate surface area is 175 Å². The van der Waals surface area contributed by atoms with E-state index in [0.717, 1.165) is 53.5 Å². The minimum absolute atomic E-state index is 0.767. The van der Waals surface area contributed by atoms with E-state index in [4.69, 9.17) is 16.6 Å². The van der Waals surface area contributed by atoms with Crippen molar-refractivity contribution >= 4 is 33.9 Å². The van der Waals surface area contributed by atoms with Crippen LogP contribution >= 0.6 is 11.6 Å². The van der Waals surface area contributed by atoms with Crippen LogP contribution in [0, 0.1) is 0 Å². The zero-order valence-corrected chi connectivity index (χ0v) is 16.8. The molecule has 0 unspecified atom stereocenters. The molecule has 0 aliphatic carbocycles. The summed E-state index contributed by atoms with van der Waals surface area (Å²) in [5.41, 5.74) is 4.42. The van der Waals surface area contributed by atoms with Crippen molar-refractivity contribution in [3.8, 4) is 11.4 Å². The highest BCUT2D eigenvalue weighted by Gasteiger charge is 2.18. The molecule has 4 nitrogen and oxygen atoms in total. The third-order valence-corrected chi connectivity index (χ3v) is 5.65. The van der Waals surface area contributed by atoms with Gasteiger partial charge in [0.1, 0.15) is 0 Å². The van der Waals surface area contributed by atoms with Crippen molar-refractivity contribution in [2.45, 2.75) is 0 Å². The minimum atomic E-state index is 0.767. The maximum absolute atomic E-state index is 6.15. The molecule has 0 atom stereocenters. The zero-order valence-electron chi connectivity index (χ0n) is 16.0. The van der Waals surface area contributed by atoms with E-state index in [-0.39, 0.29) is 0 Å². The van der Waals surface area contributed by atoms with Crippen molar-refractivity contribution in [2.24, 2.45) is 0 Å². The highest BCUT2D eigenvalue weighted by Crippen LogP contribution is 2.26. The fraction of sp³-hybridized carbons (Fsp3) is 0.167. The second-order valence-electron chi connectivity index (χ2n) is 7.26. The largest absolute Gasteiger partial charge is 0.368 e. The first kappa shape index (κ1) is 18.0. The highest BCUT2D eigenvalue weighted by molar-refractivity contribution is 6.30. The molecule has 0 bridgehead atoms. The van der Waals surface area contributed by atoms with Crippen molar-refractivity contribution in [3.63, 3.8) is 0 Å². The Kier molecular flexibility index (Phi) is 4.78. The van der Waals surface area contributed by atoms with Gasteiger partial charge in [0, 0.05) is 59.7 Å². The molecule has 0 N–H and O–H groups in total. The van der Waals surface area contributed by atoms with Gasteiger partial charge in [0.05, 0.1) is 5.52 Å². The van der Waals surface area contributed by atoms with Crippen molar-refractivity contribution in [1.29, 1.82) is 0 Å². The first-order valence-corrected chi connectivity index (χ1v) is 10.2. The fourth-order valence-electron chi connectivity index (χ4n) is 3.85. The number of rotatable bonds is 3. The van der Waals surface area contributed by atoms with Crippen molar-refractivity contribution in [3.05, 3.63) is 84.0 Å². The molecule has 1 aliphatic heterocycles. The quantitative estimate of drug-likeness (QED) is 0.468. The van der Waals surface area contributed by atoms with Crippen LogP contribution in [0.3, 0.4) is 0 Å². The molecule has 1 saturated heterocycles. The topological polar surface area (TPSA) is 32.3 Å². The molecule has 144 valence electrons. The van der Waals surface area contributed by atoms with Crippen LogP contribution < -0.4 is 9.80 Å². The summed E-state index contributed by atoms with van der Waals surface area (Å²) in [5.74, 6) is 0.767. The number of fused-ring (bicyclic) bond motifs is 1. The van der Waals surface area contributed by atoms with E-state index in [1.165, 1.54) is 11.4 Å². The number of aromatic nitrogens is 2. The van der Waals surface area contributed by atoms with Gasteiger partial charge in [-0.25, -0.2) is 9.97 Å². The second-order valence-corrected chi connectivity index (χ2v) is 7.69. The Hall–Kier alpha value is -3.11. The second kappa shape index (κ2) is 7.72. The van der Waals surface area contributed by atoms with E-state index in [1.807, 2.05) is 48.7 Å². The number of anilines is 2. The number of nitrogens with zero attached hydrogens (tertiary/aromatic N) is 4. The summed E-state index contributed by atoms with van der Waals surface area (Å²) in [6.07, 6.45) is 1.90. The molecule has 0 amide bonds. The molecule has 4 aromatic rings. The SMILES string of the molecule is Clc1cccc(N2CCN(c3cccc(-c4ncc5ccccc5n4)c3)CC2)c1. The van der Waals surface area contributed by atoms with Gasteiger partial charge in [-0.1, -0.05) is 48.0 Å². The van der Waals surface area contributed by atoms with Gasteiger partial charge in [-0.15, -0.1) is 0 Å². The van der Waals surface area contributed by atoms with Gasteiger partial charge in [-0.05, 0) is 36.4 Å². The van der Waals surface area contributed by atoms with Crippen LogP contribution in [0.5, 0.6) is 0 Å². The smallest absolute Gasteiger partial charge is 0.159 e. The average molecular weight is 401 g/mol. The van der Waals surface area contributed by atoms with E-state index in [1.54, 1.807) is 0 Å². The number of para-hydroxylation sites is 1. The first-order chi connectivity index (χ1) is 14.3. The van der Waals surface area contributed by atoms with Crippen LogP contribution in [0.4, 0.5) is 11.4 Å². The lowest BCUT2D eigenvalue weighted by Gasteiger charge is -2.37. The van der Waals surface area contributed by atoms with Gasteiger partial charge in [0.25, 0.3) is 0 Å². The lowest BCUT2D eigenvalue weighted by atomic mass is 10.1. The van der Waals surface area contributed by atoms with E-state index >= 15 is 0 Å². The Balaban J connectivity index is 1.35.